The molecule has 1 aliphatic carbocycles. The molecule has 0 N–H and O–H groups in total. The Morgan fingerprint density at radius 1 is 1.14 bits per heavy atom. The lowest BCUT2D eigenvalue weighted by Gasteiger charge is -2.08. The Labute approximate surface area is 165 Å². The van der Waals surface area contributed by atoms with Crippen LogP contribution in [0.2, 0.25) is 0 Å². The summed E-state index contributed by atoms with van der Waals surface area (Å²) in [7, 11) is 0. The number of ether oxygens (including phenoxy) is 2. The number of alkyl halides is 3. The summed E-state index contributed by atoms with van der Waals surface area (Å²) in [4.78, 5) is 16.5. The van der Waals surface area contributed by atoms with Crippen molar-refractivity contribution in [3.05, 3.63) is 66.1 Å². The highest BCUT2D eigenvalue weighted by molar-refractivity contribution is 5.78. The summed E-state index contributed by atoms with van der Waals surface area (Å²) in [6.45, 7) is 3.02. The summed E-state index contributed by atoms with van der Waals surface area (Å²) < 4.78 is 61.2. The fourth-order valence-corrected chi connectivity index (χ4v) is 3.13. The van der Waals surface area contributed by atoms with Crippen LogP contribution in [0.4, 0.5) is 17.6 Å². The lowest BCUT2D eigenvalue weighted by atomic mass is 10.1. The van der Waals surface area contributed by atoms with Gasteiger partial charge in [0.2, 0.25) is 5.88 Å². The molecule has 29 heavy (non-hydrogen) atoms. The number of hydrogen-bond acceptors (Lipinski definition) is 4. The maximum Gasteiger partial charge on any atom is 0.442 e. The third kappa shape index (κ3) is 4.93. The number of carbonyl (C=O) groups is 1. The average molecular weight is 409 g/mol. The monoisotopic (exact) mass is 409 g/mol. The maximum absolute atomic E-state index is 13.2. The van der Waals surface area contributed by atoms with E-state index in [0.717, 1.165) is 0 Å². The van der Waals surface area contributed by atoms with Gasteiger partial charge in [0, 0.05) is 6.07 Å². The van der Waals surface area contributed by atoms with E-state index in [0.29, 0.717) is 23.4 Å². The smallest absolute Gasteiger partial charge is 0.442 e. The van der Waals surface area contributed by atoms with E-state index in [2.05, 4.69) is 4.98 Å². The van der Waals surface area contributed by atoms with Crippen LogP contribution in [-0.4, -0.2) is 17.1 Å². The van der Waals surface area contributed by atoms with Gasteiger partial charge >= 0.3 is 12.1 Å². The highest BCUT2D eigenvalue weighted by Crippen LogP contribution is 2.60. The lowest BCUT2D eigenvalue weighted by Crippen LogP contribution is -2.11. The van der Waals surface area contributed by atoms with Gasteiger partial charge in [-0.05, 0) is 35.6 Å². The van der Waals surface area contributed by atoms with Crippen molar-refractivity contribution in [2.75, 3.05) is 0 Å². The van der Waals surface area contributed by atoms with Crippen molar-refractivity contribution in [1.82, 2.24) is 4.98 Å². The zero-order valence-corrected chi connectivity index (χ0v) is 15.7. The number of aromatic nitrogens is 1. The Kier molecular flexibility index (Phi) is 5.64. The summed E-state index contributed by atoms with van der Waals surface area (Å²) in [6.07, 6.45) is -4.60. The van der Waals surface area contributed by atoms with Crippen LogP contribution in [0.1, 0.15) is 19.5 Å². The standard InChI is InChI=1S/C21H19F4NO3/c1-20(2)15(11-16(22)21(23,24)25)18(20)19(27)28-12-13-7-6-10-17(26-13)29-14-8-4-3-5-9-14/h3-11,15,18H,12H2,1-2H3/t15-,18-/m1/s1. The minimum Gasteiger partial charge on any atom is -0.459 e. The minimum absolute atomic E-state index is 0.171. The molecule has 8 heteroatoms. The molecule has 3 rings (SSSR count). The van der Waals surface area contributed by atoms with Crippen LogP contribution in [0.3, 0.4) is 0 Å². The molecular formula is C21H19F4NO3. The van der Waals surface area contributed by atoms with Gasteiger partial charge in [0.1, 0.15) is 12.4 Å². The number of hydrogen-bond donors (Lipinski definition) is 0. The second kappa shape index (κ2) is 7.85. The van der Waals surface area contributed by atoms with Crippen LogP contribution in [0.25, 0.3) is 0 Å². The third-order valence-electron chi connectivity index (χ3n) is 4.87. The fourth-order valence-electron chi connectivity index (χ4n) is 3.13. The number of pyridine rings is 1. The zero-order chi connectivity index (χ0) is 21.2. The molecule has 0 aliphatic heterocycles. The molecule has 0 bridgehead atoms. The van der Waals surface area contributed by atoms with Gasteiger partial charge in [-0.1, -0.05) is 38.1 Å². The molecule has 1 saturated carbocycles. The highest BCUT2D eigenvalue weighted by Gasteiger charge is 2.62. The predicted molar refractivity (Wildman–Crippen MR) is 96.6 cm³/mol. The number of nitrogens with zero attached hydrogens (tertiary/aromatic N) is 1. The molecule has 1 aliphatic rings. The molecule has 4 nitrogen and oxygen atoms in total. The van der Waals surface area contributed by atoms with E-state index in [1.807, 2.05) is 18.2 Å². The van der Waals surface area contributed by atoms with Gasteiger partial charge in [0.05, 0.1) is 11.6 Å². The molecule has 154 valence electrons. The maximum atomic E-state index is 13.2. The number of para-hydroxylation sites is 1. The molecule has 2 aromatic rings. The van der Waals surface area contributed by atoms with Gasteiger partial charge in [-0.3, -0.25) is 4.79 Å². The number of benzene rings is 1. The number of halogens is 4. The van der Waals surface area contributed by atoms with E-state index in [-0.39, 0.29) is 6.61 Å². The van der Waals surface area contributed by atoms with E-state index < -0.39 is 35.2 Å². The van der Waals surface area contributed by atoms with E-state index >= 15 is 0 Å². The Bertz CT molecular complexity index is 910. The predicted octanol–water partition coefficient (Wildman–Crippen LogP) is 5.61. The van der Waals surface area contributed by atoms with Crippen molar-refractivity contribution in [2.45, 2.75) is 26.6 Å². The summed E-state index contributed by atoms with van der Waals surface area (Å²) in [5.41, 5.74) is -0.399. The van der Waals surface area contributed by atoms with Crippen molar-refractivity contribution in [3.8, 4) is 11.6 Å². The third-order valence-corrected chi connectivity index (χ3v) is 4.87. The Morgan fingerprint density at radius 3 is 2.48 bits per heavy atom. The van der Waals surface area contributed by atoms with Crippen molar-refractivity contribution in [3.63, 3.8) is 0 Å². The summed E-state index contributed by atoms with van der Waals surface area (Å²) >= 11 is 0. The molecule has 0 amide bonds. The van der Waals surface area contributed by atoms with Gasteiger partial charge in [0.15, 0.2) is 5.83 Å². The Balaban J connectivity index is 1.60. The SMILES string of the molecule is CC1(C)[C@H](C=C(F)C(F)(F)F)[C@@H]1C(=O)OCc1cccc(Oc2ccccc2)n1. The van der Waals surface area contributed by atoms with Crippen molar-refractivity contribution < 1.29 is 31.8 Å². The zero-order valence-electron chi connectivity index (χ0n) is 15.7. The number of allylic oxidation sites excluding steroid dienone is 2. The second-order valence-electron chi connectivity index (χ2n) is 7.33. The largest absolute Gasteiger partial charge is 0.459 e. The Hall–Kier alpha value is -2.90. The van der Waals surface area contributed by atoms with Crippen LogP contribution in [0.5, 0.6) is 11.6 Å². The van der Waals surface area contributed by atoms with Crippen LogP contribution in [0, 0.1) is 17.3 Å². The normalized spacial score (nSPS) is 20.8. The first kappa shape index (κ1) is 20.8. The van der Waals surface area contributed by atoms with Gasteiger partial charge in [-0.2, -0.15) is 13.2 Å². The van der Waals surface area contributed by atoms with Crippen LogP contribution in [0.15, 0.2) is 60.4 Å². The van der Waals surface area contributed by atoms with Gasteiger partial charge in [0.25, 0.3) is 0 Å². The topological polar surface area (TPSA) is 48.4 Å². The summed E-state index contributed by atoms with van der Waals surface area (Å²) in [6, 6.07) is 13.9. The fraction of sp³-hybridized carbons (Fsp3) is 0.333. The molecule has 1 aromatic heterocycles. The lowest BCUT2D eigenvalue weighted by molar-refractivity contribution is -0.147. The molecule has 0 radical (unpaired) electrons. The minimum atomic E-state index is -5.06. The first-order chi connectivity index (χ1) is 13.6. The quantitative estimate of drug-likeness (QED) is 0.460. The van der Waals surface area contributed by atoms with Crippen LogP contribution in [-0.2, 0) is 16.1 Å². The van der Waals surface area contributed by atoms with Crippen molar-refractivity contribution in [1.29, 1.82) is 0 Å². The molecular weight excluding hydrogens is 390 g/mol. The van der Waals surface area contributed by atoms with Gasteiger partial charge < -0.3 is 9.47 Å². The molecule has 1 aromatic carbocycles. The average Bonchev–Trinajstić information content (AvgIpc) is 3.20. The van der Waals surface area contributed by atoms with E-state index in [4.69, 9.17) is 9.47 Å². The highest BCUT2D eigenvalue weighted by atomic mass is 19.4. The van der Waals surface area contributed by atoms with Gasteiger partial charge in [-0.25, -0.2) is 9.37 Å². The van der Waals surface area contributed by atoms with Crippen molar-refractivity contribution in [2.24, 2.45) is 17.3 Å². The second-order valence-corrected chi connectivity index (χ2v) is 7.33. The van der Waals surface area contributed by atoms with E-state index in [1.54, 1.807) is 44.2 Å². The molecule has 0 unspecified atom stereocenters. The number of esters is 1. The van der Waals surface area contributed by atoms with Crippen molar-refractivity contribution >= 4 is 5.97 Å². The van der Waals surface area contributed by atoms with Crippen LogP contribution < -0.4 is 4.74 Å². The van der Waals surface area contributed by atoms with Crippen LogP contribution >= 0.6 is 0 Å². The summed E-state index contributed by atoms with van der Waals surface area (Å²) in [5.74, 6) is -3.71. The summed E-state index contributed by atoms with van der Waals surface area (Å²) in [5, 5.41) is 0. The molecule has 0 saturated heterocycles. The first-order valence-electron chi connectivity index (χ1n) is 8.89. The molecule has 2 atom stereocenters. The molecule has 1 fully saturated rings. The van der Waals surface area contributed by atoms with E-state index in [9.17, 15) is 22.4 Å². The molecule has 0 spiro atoms. The number of rotatable bonds is 6. The Morgan fingerprint density at radius 2 is 1.83 bits per heavy atom. The van der Waals surface area contributed by atoms with Gasteiger partial charge in [-0.15, -0.1) is 0 Å². The van der Waals surface area contributed by atoms with E-state index in [1.165, 1.54) is 0 Å². The first-order valence-corrected chi connectivity index (χ1v) is 8.89. The number of carbonyl (C=O) groups excluding carboxylic acids is 1. The molecule has 1 heterocycles.